The normalized spacial score (nSPS) is 12.3. The minimum atomic E-state index is 0.231. The smallest absolute Gasteiger partial charge is 0.100 e. The Morgan fingerprint density at radius 3 is 2.75 bits per heavy atom. The predicted octanol–water partition coefficient (Wildman–Crippen LogP) is 3.27. The second-order valence-corrected chi connectivity index (χ2v) is 5.00. The summed E-state index contributed by atoms with van der Waals surface area (Å²) in [5, 5.41) is 12.4. The molecule has 0 aliphatic rings. The number of hydrogen-bond acceptors (Lipinski definition) is 3. The molecule has 0 radical (unpaired) electrons. The lowest BCUT2D eigenvalue weighted by Crippen LogP contribution is -2.21. The Morgan fingerprint density at radius 2 is 2.10 bits per heavy atom. The monoisotopic (exact) mass is 270 g/mol. The van der Waals surface area contributed by atoms with Gasteiger partial charge in [-0.05, 0) is 38.4 Å². The van der Waals surface area contributed by atoms with E-state index in [1.807, 2.05) is 36.5 Å². The Bertz CT molecular complexity index is 545. The van der Waals surface area contributed by atoms with Crippen molar-refractivity contribution in [3.05, 3.63) is 54.4 Å². The molecule has 2 rings (SSSR count). The van der Waals surface area contributed by atoms with E-state index in [0.717, 1.165) is 30.8 Å². The molecule has 0 amide bonds. The van der Waals surface area contributed by atoms with Gasteiger partial charge in [-0.2, -0.15) is 15.0 Å². The second-order valence-electron chi connectivity index (χ2n) is 5.00. The molecule has 1 atom stereocenters. The molecular formula is C16H22N4. The van der Waals surface area contributed by atoms with Gasteiger partial charge in [-0.15, -0.1) is 6.58 Å². The van der Waals surface area contributed by atoms with Gasteiger partial charge in [-0.25, -0.2) is 0 Å². The summed E-state index contributed by atoms with van der Waals surface area (Å²) in [5.41, 5.74) is 3.16. The second kappa shape index (κ2) is 7.01. The standard InChI is InChI=1S/C16H22N4/c1-4-17-15(11-10-13(2)3)16-12-18-20(19-16)14-8-6-5-7-9-14/h5-9,12,15,17H,2,4,10-11H2,1,3H3. The highest BCUT2D eigenvalue weighted by Gasteiger charge is 2.14. The van der Waals surface area contributed by atoms with Gasteiger partial charge in [0, 0.05) is 0 Å². The Balaban J connectivity index is 2.14. The molecule has 1 aromatic heterocycles. The third kappa shape index (κ3) is 3.78. The van der Waals surface area contributed by atoms with Crippen molar-refractivity contribution in [2.75, 3.05) is 6.54 Å². The van der Waals surface area contributed by atoms with Crippen LogP contribution in [0.15, 0.2) is 48.7 Å². The van der Waals surface area contributed by atoms with Crippen molar-refractivity contribution in [2.45, 2.75) is 32.7 Å². The van der Waals surface area contributed by atoms with Gasteiger partial charge in [0.1, 0.15) is 5.69 Å². The Labute approximate surface area is 120 Å². The van der Waals surface area contributed by atoms with Gasteiger partial charge in [0.05, 0.1) is 17.9 Å². The van der Waals surface area contributed by atoms with Crippen molar-refractivity contribution < 1.29 is 0 Å². The quantitative estimate of drug-likeness (QED) is 0.785. The number of rotatable bonds is 7. The number of nitrogens with one attached hydrogen (secondary N) is 1. The van der Waals surface area contributed by atoms with Gasteiger partial charge in [0.2, 0.25) is 0 Å². The number of nitrogens with zero attached hydrogens (tertiary/aromatic N) is 3. The molecule has 20 heavy (non-hydrogen) atoms. The highest BCUT2D eigenvalue weighted by molar-refractivity contribution is 5.28. The predicted molar refractivity (Wildman–Crippen MR) is 81.8 cm³/mol. The number of allylic oxidation sites excluding steroid dienone is 1. The lowest BCUT2D eigenvalue weighted by molar-refractivity contribution is 0.499. The Morgan fingerprint density at radius 1 is 1.35 bits per heavy atom. The molecule has 0 aliphatic carbocycles. The van der Waals surface area contributed by atoms with E-state index in [9.17, 15) is 0 Å². The van der Waals surface area contributed by atoms with Crippen LogP contribution in [0.3, 0.4) is 0 Å². The summed E-state index contributed by atoms with van der Waals surface area (Å²) >= 11 is 0. The van der Waals surface area contributed by atoms with Crippen molar-refractivity contribution >= 4 is 0 Å². The zero-order chi connectivity index (χ0) is 14.4. The van der Waals surface area contributed by atoms with Gasteiger partial charge in [-0.1, -0.05) is 30.7 Å². The summed E-state index contributed by atoms with van der Waals surface area (Å²) < 4.78 is 0. The average molecular weight is 270 g/mol. The van der Waals surface area contributed by atoms with E-state index in [0.29, 0.717) is 0 Å². The highest BCUT2D eigenvalue weighted by Crippen LogP contribution is 2.18. The van der Waals surface area contributed by atoms with Crippen LogP contribution in [-0.2, 0) is 0 Å². The molecular weight excluding hydrogens is 248 g/mol. The minimum Gasteiger partial charge on any atom is -0.309 e. The van der Waals surface area contributed by atoms with E-state index < -0.39 is 0 Å². The Kier molecular flexibility index (Phi) is 5.07. The van der Waals surface area contributed by atoms with Crippen LogP contribution in [0.2, 0.25) is 0 Å². The van der Waals surface area contributed by atoms with Crippen molar-refractivity contribution in [1.82, 2.24) is 20.3 Å². The number of benzene rings is 1. The molecule has 0 saturated carbocycles. The molecule has 4 heteroatoms. The van der Waals surface area contributed by atoms with Crippen LogP contribution in [0.1, 0.15) is 38.4 Å². The lowest BCUT2D eigenvalue weighted by atomic mass is 10.1. The summed E-state index contributed by atoms with van der Waals surface area (Å²) in [7, 11) is 0. The third-order valence-electron chi connectivity index (χ3n) is 3.16. The molecule has 0 aliphatic heterocycles. The minimum absolute atomic E-state index is 0.231. The molecule has 1 aromatic carbocycles. The molecule has 1 N–H and O–H groups in total. The third-order valence-corrected chi connectivity index (χ3v) is 3.16. The van der Waals surface area contributed by atoms with Crippen molar-refractivity contribution in [3.8, 4) is 5.69 Å². The zero-order valence-corrected chi connectivity index (χ0v) is 12.2. The first kappa shape index (κ1) is 14.5. The SMILES string of the molecule is C=C(C)CCC(NCC)c1cnn(-c2ccccc2)n1. The van der Waals surface area contributed by atoms with Crippen LogP contribution in [0.5, 0.6) is 0 Å². The Hall–Kier alpha value is -1.94. The van der Waals surface area contributed by atoms with Gasteiger partial charge in [-0.3, -0.25) is 0 Å². The van der Waals surface area contributed by atoms with E-state index in [4.69, 9.17) is 0 Å². The van der Waals surface area contributed by atoms with Crippen LogP contribution in [0.25, 0.3) is 5.69 Å². The molecule has 0 fully saturated rings. The maximum absolute atomic E-state index is 4.59. The molecule has 0 spiro atoms. The fourth-order valence-electron chi connectivity index (χ4n) is 2.11. The van der Waals surface area contributed by atoms with Crippen LogP contribution in [-0.4, -0.2) is 21.5 Å². The zero-order valence-electron chi connectivity index (χ0n) is 12.2. The first-order chi connectivity index (χ1) is 9.70. The molecule has 0 saturated heterocycles. The topological polar surface area (TPSA) is 42.7 Å². The fraction of sp³-hybridized carbons (Fsp3) is 0.375. The van der Waals surface area contributed by atoms with Crippen LogP contribution >= 0.6 is 0 Å². The summed E-state index contributed by atoms with van der Waals surface area (Å²) in [6.07, 6.45) is 3.84. The largest absolute Gasteiger partial charge is 0.309 e. The van der Waals surface area contributed by atoms with Gasteiger partial charge in [0.15, 0.2) is 0 Å². The molecule has 0 bridgehead atoms. The van der Waals surface area contributed by atoms with Crippen LogP contribution in [0, 0.1) is 0 Å². The first-order valence-corrected chi connectivity index (χ1v) is 7.06. The molecule has 1 unspecified atom stereocenters. The van der Waals surface area contributed by atoms with E-state index in [2.05, 4.69) is 35.9 Å². The van der Waals surface area contributed by atoms with Gasteiger partial charge in [0.25, 0.3) is 0 Å². The summed E-state index contributed by atoms with van der Waals surface area (Å²) in [5.74, 6) is 0. The van der Waals surface area contributed by atoms with E-state index >= 15 is 0 Å². The van der Waals surface area contributed by atoms with Crippen LogP contribution < -0.4 is 5.32 Å². The first-order valence-electron chi connectivity index (χ1n) is 7.06. The summed E-state index contributed by atoms with van der Waals surface area (Å²) in [4.78, 5) is 1.68. The summed E-state index contributed by atoms with van der Waals surface area (Å²) in [6.45, 7) is 9.05. The van der Waals surface area contributed by atoms with E-state index in [-0.39, 0.29) is 6.04 Å². The molecule has 4 nitrogen and oxygen atoms in total. The summed E-state index contributed by atoms with van der Waals surface area (Å²) in [6, 6.07) is 10.2. The number of hydrogen-bond donors (Lipinski definition) is 1. The highest BCUT2D eigenvalue weighted by atomic mass is 15.5. The van der Waals surface area contributed by atoms with Crippen molar-refractivity contribution in [1.29, 1.82) is 0 Å². The molecule has 2 aromatic rings. The van der Waals surface area contributed by atoms with Crippen molar-refractivity contribution in [2.24, 2.45) is 0 Å². The van der Waals surface area contributed by atoms with Crippen LogP contribution in [0.4, 0.5) is 0 Å². The van der Waals surface area contributed by atoms with Gasteiger partial charge >= 0.3 is 0 Å². The fourth-order valence-corrected chi connectivity index (χ4v) is 2.11. The number of aromatic nitrogens is 3. The maximum atomic E-state index is 4.59. The lowest BCUT2D eigenvalue weighted by Gasteiger charge is -2.14. The van der Waals surface area contributed by atoms with Gasteiger partial charge < -0.3 is 5.32 Å². The maximum Gasteiger partial charge on any atom is 0.100 e. The average Bonchev–Trinajstić information content (AvgIpc) is 2.94. The molecule has 106 valence electrons. The molecule has 1 heterocycles. The van der Waals surface area contributed by atoms with E-state index in [1.54, 1.807) is 4.80 Å². The van der Waals surface area contributed by atoms with E-state index in [1.165, 1.54) is 5.57 Å². The number of para-hydroxylation sites is 1. The van der Waals surface area contributed by atoms with Crippen molar-refractivity contribution in [3.63, 3.8) is 0 Å².